The lowest BCUT2D eigenvalue weighted by molar-refractivity contribution is -0.113. The Bertz CT molecular complexity index is 1150. The number of morpholine rings is 1. The van der Waals surface area contributed by atoms with E-state index in [9.17, 15) is 9.59 Å². The Kier molecular flexibility index (Phi) is 8.38. The van der Waals surface area contributed by atoms with Gasteiger partial charge in [0.2, 0.25) is 11.9 Å². The number of ether oxygens (including phenoxy) is 1. The molecule has 35 heavy (non-hydrogen) atoms. The maximum Gasteiger partial charge on any atom is 0.253 e. The zero-order valence-electron chi connectivity index (χ0n) is 19.9. The number of nitrogens with one attached hydrogen (secondary N) is 2. The summed E-state index contributed by atoms with van der Waals surface area (Å²) in [6, 6.07) is 16.6. The molecule has 2 amide bonds. The van der Waals surface area contributed by atoms with E-state index in [-0.39, 0.29) is 23.6 Å². The normalized spacial score (nSPS) is 14.4. The predicted molar refractivity (Wildman–Crippen MR) is 137 cm³/mol. The van der Waals surface area contributed by atoms with Crippen molar-refractivity contribution in [2.24, 2.45) is 0 Å². The standard InChI is InChI=1S/C25H30N6O3S/c1-3-31-24(30-13-15-34-16-14-30)28-29-25(31)35-17-22(32)27-21-12-8-7-11-20(21)23(33)26-18(2)19-9-5-4-6-10-19/h4-12,18H,3,13-17H2,1-2H3,(H,26,33)(H,27,32). The summed E-state index contributed by atoms with van der Waals surface area (Å²) >= 11 is 1.32. The molecule has 1 aliphatic heterocycles. The monoisotopic (exact) mass is 494 g/mol. The van der Waals surface area contributed by atoms with Crippen LogP contribution >= 0.6 is 11.8 Å². The molecule has 1 unspecified atom stereocenters. The lowest BCUT2D eigenvalue weighted by atomic mass is 10.1. The van der Waals surface area contributed by atoms with E-state index in [1.54, 1.807) is 24.3 Å². The fourth-order valence-electron chi connectivity index (χ4n) is 3.87. The van der Waals surface area contributed by atoms with E-state index >= 15 is 0 Å². The number of para-hydroxylation sites is 1. The second kappa shape index (κ2) is 11.9. The van der Waals surface area contributed by atoms with Crippen LogP contribution in [-0.2, 0) is 16.1 Å². The summed E-state index contributed by atoms with van der Waals surface area (Å²) in [7, 11) is 0. The van der Waals surface area contributed by atoms with Crippen LogP contribution in [0.4, 0.5) is 11.6 Å². The molecule has 184 valence electrons. The average molecular weight is 495 g/mol. The molecule has 3 aromatic rings. The highest BCUT2D eigenvalue weighted by Crippen LogP contribution is 2.24. The molecule has 0 saturated carbocycles. The van der Waals surface area contributed by atoms with Crippen LogP contribution < -0.4 is 15.5 Å². The van der Waals surface area contributed by atoms with Gasteiger partial charge in [-0.1, -0.05) is 54.2 Å². The van der Waals surface area contributed by atoms with Crippen molar-refractivity contribution in [3.63, 3.8) is 0 Å². The first-order valence-corrected chi connectivity index (χ1v) is 12.7. The van der Waals surface area contributed by atoms with E-state index in [2.05, 4.69) is 25.7 Å². The van der Waals surface area contributed by atoms with Crippen molar-refractivity contribution < 1.29 is 14.3 Å². The molecule has 10 heteroatoms. The topological polar surface area (TPSA) is 101 Å². The summed E-state index contributed by atoms with van der Waals surface area (Å²) < 4.78 is 7.43. The predicted octanol–water partition coefficient (Wildman–Crippen LogP) is 3.36. The zero-order chi connectivity index (χ0) is 24.6. The number of nitrogens with zero attached hydrogens (tertiary/aromatic N) is 4. The first-order chi connectivity index (χ1) is 17.1. The highest BCUT2D eigenvalue weighted by molar-refractivity contribution is 7.99. The second-order valence-corrected chi connectivity index (χ2v) is 9.06. The van der Waals surface area contributed by atoms with Crippen molar-refractivity contribution in [3.05, 3.63) is 65.7 Å². The van der Waals surface area contributed by atoms with E-state index in [1.165, 1.54) is 11.8 Å². The Hall–Kier alpha value is -3.37. The van der Waals surface area contributed by atoms with E-state index in [4.69, 9.17) is 4.74 Å². The average Bonchev–Trinajstić information content (AvgIpc) is 3.31. The molecule has 9 nitrogen and oxygen atoms in total. The van der Waals surface area contributed by atoms with Crippen LogP contribution in [-0.4, -0.2) is 58.6 Å². The fraction of sp³-hybridized carbons (Fsp3) is 0.360. The van der Waals surface area contributed by atoms with Crippen LogP contribution in [0.15, 0.2) is 59.8 Å². The zero-order valence-corrected chi connectivity index (χ0v) is 20.8. The van der Waals surface area contributed by atoms with Crippen LogP contribution in [0.5, 0.6) is 0 Å². The van der Waals surface area contributed by atoms with Crippen LogP contribution in [0, 0.1) is 0 Å². The van der Waals surface area contributed by atoms with Crippen molar-refractivity contribution in [1.82, 2.24) is 20.1 Å². The van der Waals surface area contributed by atoms with Gasteiger partial charge in [0.05, 0.1) is 36.3 Å². The lowest BCUT2D eigenvalue weighted by Crippen LogP contribution is -2.38. The quantitative estimate of drug-likeness (QED) is 0.440. The molecule has 0 bridgehead atoms. The summed E-state index contributed by atoms with van der Waals surface area (Å²) in [5.74, 6) is 0.487. The van der Waals surface area contributed by atoms with Crippen molar-refractivity contribution in [3.8, 4) is 0 Å². The van der Waals surface area contributed by atoms with E-state index in [0.29, 0.717) is 36.2 Å². The Morgan fingerprint density at radius 1 is 1.06 bits per heavy atom. The molecular formula is C25H30N6O3S. The molecule has 4 rings (SSSR count). The fourth-order valence-corrected chi connectivity index (χ4v) is 4.67. The number of hydrogen-bond donors (Lipinski definition) is 2. The second-order valence-electron chi connectivity index (χ2n) is 8.11. The summed E-state index contributed by atoms with van der Waals surface area (Å²) in [6.45, 7) is 7.53. The third-order valence-corrected chi connectivity index (χ3v) is 6.70. The maximum atomic E-state index is 12.9. The van der Waals surface area contributed by atoms with Gasteiger partial charge in [0, 0.05) is 19.6 Å². The number of carbonyl (C=O) groups excluding carboxylic acids is 2. The van der Waals surface area contributed by atoms with Gasteiger partial charge in [-0.05, 0) is 31.5 Å². The summed E-state index contributed by atoms with van der Waals surface area (Å²) in [6.07, 6.45) is 0. The Morgan fingerprint density at radius 3 is 2.51 bits per heavy atom. The van der Waals surface area contributed by atoms with Gasteiger partial charge in [0.15, 0.2) is 5.16 Å². The number of rotatable bonds is 9. The Balaban J connectivity index is 1.38. The van der Waals surface area contributed by atoms with Crippen LogP contribution in [0.2, 0.25) is 0 Å². The van der Waals surface area contributed by atoms with Crippen molar-refractivity contribution in [2.75, 3.05) is 42.3 Å². The molecule has 2 heterocycles. The highest BCUT2D eigenvalue weighted by Gasteiger charge is 2.21. The van der Waals surface area contributed by atoms with Crippen LogP contribution in [0.25, 0.3) is 0 Å². The third-order valence-electron chi connectivity index (χ3n) is 5.73. The van der Waals surface area contributed by atoms with Gasteiger partial charge in [-0.3, -0.25) is 14.2 Å². The minimum atomic E-state index is -0.245. The molecule has 0 aliphatic carbocycles. The molecule has 2 aromatic carbocycles. The number of carbonyl (C=O) groups is 2. The number of benzene rings is 2. The highest BCUT2D eigenvalue weighted by atomic mass is 32.2. The van der Waals surface area contributed by atoms with E-state index in [0.717, 1.165) is 24.6 Å². The smallest absolute Gasteiger partial charge is 0.253 e. The SMILES string of the molecule is CCn1c(SCC(=O)Nc2ccccc2C(=O)NC(C)c2ccccc2)nnc1N1CCOCC1. The van der Waals surface area contributed by atoms with Gasteiger partial charge < -0.3 is 20.3 Å². The molecule has 1 atom stereocenters. The number of amides is 2. The largest absolute Gasteiger partial charge is 0.378 e. The minimum Gasteiger partial charge on any atom is -0.378 e. The molecule has 1 aromatic heterocycles. The number of thioether (sulfide) groups is 1. The van der Waals surface area contributed by atoms with Gasteiger partial charge in [-0.25, -0.2) is 0 Å². The molecule has 0 spiro atoms. The van der Waals surface area contributed by atoms with Crippen LogP contribution in [0.1, 0.15) is 35.8 Å². The summed E-state index contributed by atoms with van der Waals surface area (Å²) in [5.41, 5.74) is 1.90. The van der Waals surface area contributed by atoms with Crippen molar-refractivity contribution in [2.45, 2.75) is 31.6 Å². The molecule has 1 fully saturated rings. The van der Waals surface area contributed by atoms with Gasteiger partial charge in [0.1, 0.15) is 0 Å². The van der Waals surface area contributed by atoms with Gasteiger partial charge in [-0.2, -0.15) is 0 Å². The molecular weight excluding hydrogens is 464 g/mol. The summed E-state index contributed by atoms with van der Waals surface area (Å²) in [4.78, 5) is 27.9. The first-order valence-electron chi connectivity index (χ1n) is 11.7. The maximum absolute atomic E-state index is 12.9. The third kappa shape index (κ3) is 6.20. The molecule has 0 radical (unpaired) electrons. The van der Waals surface area contributed by atoms with Crippen LogP contribution in [0.3, 0.4) is 0 Å². The molecule has 1 saturated heterocycles. The van der Waals surface area contributed by atoms with Gasteiger partial charge in [0.25, 0.3) is 5.91 Å². The first kappa shape index (κ1) is 24.7. The lowest BCUT2D eigenvalue weighted by Gasteiger charge is -2.27. The number of anilines is 2. The van der Waals surface area contributed by atoms with Crippen molar-refractivity contribution >= 4 is 35.2 Å². The molecule has 1 aliphatic rings. The minimum absolute atomic E-state index is 0.150. The summed E-state index contributed by atoms with van der Waals surface area (Å²) in [5, 5.41) is 15.2. The molecule has 2 N–H and O–H groups in total. The van der Waals surface area contributed by atoms with E-state index < -0.39 is 0 Å². The number of aromatic nitrogens is 3. The Morgan fingerprint density at radius 2 is 1.77 bits per heavy atom. The van der Waals surface area contributed by atoms with Gasteiger partial charge in [-0.15, -0.1) is 10.2 Å². The van der Waals surface area contributed by atoms with Gasteiger partial charge >= 0.3 is 0 Å². The van der Waals surface area contributed by atoms with E-state index in [1.807, 2.05) is 48.7 Å². The number of hydrogen-bond acceptors (Lipinski definition) is 7. The Labute approximate surface area is 209 Å². The van der Waals surface area contributed by atoms with Crippen molar-refractivity contribution in [1.29, 1.82) is 0 Å².